The van der Waals surface area contributed by atoms with Crippen LogP contribution in [0.5, 0.6) is 5.88 Å². The highest BCUT2D eigenvalue weighted by Crippen LogP contribution is 2.22. The lowest BCUT2D eigenvalue weighted by Gasteiger charge is -2.24. The number of aliphatic carboxylic acids is 1. The van der Waals surface area contributed by atoms with E-state index in [4.69, 9.17) is 19.1 Å². The number of carboxylic acids is 1. The minimum Gasteiger partial charge on any atom is -0.475 e. The van der Waals surface area contributed by atoms with E-state index < -0.39 is 24.1 Å². The number of fused-ring (bicyclic) bond motifs is 1. The molecule has 0 saturated carbocycles. The predicted octanol–water partition coefficient (Wildman–Crippen LogP) is 3.66. The third kappa shape index (κ3) is 5.90. The van der Waals surface area contributed by atoms with Crippen LogP contribution < -0.4 is 4.74 Å². The van der Waals surface area contributed by atoms with Gasteiger partial charge in [-0.05, 0) is 37.3 Å². The number of hydrogen-bond donors (Lipinski definition) is 1. The Bertz CT molecular complexity index is 1130. The number of aromatic nitrogens is 2. The van der Waals surface area contributed by atoms with Crippen LogP contribution in [-0.2, 0) is 17.9 Å². The van der Waals surface area contributed by atoms with Crippen LogP contribution in [0, 0.1) is 12.7 Å². The van der Waals surface area contributed by atoms with Gasteiger partial charge in [-0.3, -0.25) is 4.79 Å². The van der Waals surface area contributed by atoms with Crippen LogP contribution in [-0.4, -0.2) is 50.3 Å². The third-order valence-electron chi connectivity index (χ3n) is 4.69. The highest BCUT2D eigenvalue weighted by atomic mass is 19.4. The number of halogens is 4. The topological polar surface area (TPSA) is 97.8 Å². The number of carbonyl (C=O) groups is 2. The molecule has 0 spiro atoms. The first-order valence-electron chi connectivity index (χ1n) is 9.61. The van der Waals surface area contributed by atoms with E-state index in [0.29, 0.717) is 25.4 Å². The van der Waals surface area contributed by atoms with Crippen molar-refractivity contribution in [3.8, 4) is 5.88 Å². The molecule has 12 heteroatoms. The van der Waals surface area contributed by atoms with E-state index >= 15 is 0 Å². The Hall–Kier alpha value is -3.83. The van der Waals surface area contributed by atoms with Crippen LogP contribution in [0.2, 0.25) is 0 Å². The number of aryl methyl sites for hydroxylation is 1. The van der Waals surface area contributed by atoms with Gasteiger partial charge in [-0.1, -0.05) is 0 Å². The van der Waals surface area contributed by atoms with E-state index in [9.17, 15) is 22.4 Å². The smallest absolute Gasteiger partial charge is 0.475 e. The molecule has 4 rings (SSSR count). The maximum absolute atomic E-state index is 13.9. The molecule has 4 heterocycles. The molecular weight excluding hydrogens is 450 g/mol. The molecule has 0 saturated heterocycles. The summed E-state index contributed by atoms with van der Waals surface area (Å²) in [6.45, 7) is 3.06. The van der Waals surface area contributed by atoms with Gasteiger partial charge in [0.25, 0.3) is 11.8 Å². The van der Waals surface area contributed by atoms with Crippen LogP contribution >= 0.6 is 0 Å². The summed E-state index contributed by atoms with van der Waals surface area (Å²) >= 11 is 0. The molecule has 3 aromatic heterocycles. The van der Waals surface area contributed by atoms with Crippen LogP contribution in [0.4, 0.5) is 17.6 Å². The monoisotopic (exact) mass is 469 g/mol. The Morgan fingerprint density at radius 2 is 1.94 bits per heavy atom. The number of amides is 1. The summed E-state index contributed by atoms with van der Waals surface area (Å²) in [4.78, 5) is 27.4. The molecule has 8 nitrogen and oxygen atoms in total. The molecule has 1 N–H and O–H groups in total. The Balaban J connectivity index is 0.000000383. The molecule has 1 aliphatic heterocycles. The lowest BCUT2D eigenvalue weighted by Crippen LogP contribution is -2.39. The quantitative estimate of drug-likeness (QED) is 0.588. The molecule has 0 fully saturated rings. The van der Waals surface area contributed by atoms with Gasteiger partial charge in [-0.25, -0.2) is 14.2 Å². The maximum Gasteiger partial charge on any atom is 0.490 e. The number of carbonyl (C=O) groups excluding carboxylic acids is 1. The number of pyridine rings is 1. The average Bonchev–Trinajstić information content (AvgIpc) is 3.33. The van der Waals surface area contributed by atoms with Gasteiger partial charge in [0.2, 0.25) is 0 Å². The minimum absolute atomic E-state index is 0.0605. The van der Waals surface area contributed by atoms with Crippen molar-refractivity contribution < 1.29 is 41.4 Å². The molecule has 0 radical (unpaired) electrons. The molecule has 176 valence electrons. The summed E-state index contributed by atoms with van der Waals surface area (Å²) in [5.41, 5.74) is 1.76. The number of furan rings is 1. The molecule has 3 aromatic rings. The highest BCUT2D eigenvalue weighted by Gasteiger charge is 2.38. The van der Waals surface area contributed by atoms with E-state index in [1.165, 1.54) is 24.6 Å². The van der Waals surface area contributed by atoms with Crippen molar-refractivity contribution in [2.45, 2.75) is 32.3 Å². The van der Waals surface area contributed by atoms with E-state index in [1.54, 1.807) is 11.0 Å². The van der Waals surface area contributed by atoms with Gasteiger partial charge in [-0.2, -0.15) is 13.2 Å². The molecular formula is C21H19F4N3O5. The number of ether oxygens (including phenoxy) is 1. The van der Waals surface area contributed by atoms with Crippen LogP contribution in [0.15, 0.2) is 53.4 Å². The van der Waals surface area contributed by atoms with Crippen LogP contribution in [0.1, 0.15) is 21.8 Å². The standard InChI is InChI=1S/C19H18FN3O3.C2HF3O2/c1-13-6-9-25-17(13)19(24)23-10-14-4-3-8-22(14)11-15(12-23)26-18-16(20)5-2-7-21-18;3-2(4,5)1(6)7/h2-9,15H,10-12H2,1H3;(H,6,7). The molecule has 1 atom stereocenters. The zero-order valence-corrected chi connectivity index (χ0v) is 17.3. The first-order valence-corrected chi connectivity index (χ1v) is 9.61. The second kappa shape index (κ2) is 9.76. The number of hydrogen-bond acceptors (Lipinski definition) is 5. The molecule has 0 aliphatic carbocycles. The summed E-state index contributed by atoms with van der Waals surface area (Å²) in [6, 6.07) is 8.44. The zero-order valence-electron chi connectivity index (χ0n) is 17.3. The number of rotatable bonds is 3. The van der Waals surface area contributed by atoms with Gasteiger partial charge in [0.1, 0.15) is 6.10 Å². The van der Waals surface area contributed by atoms with Gasteiger partial charge in [0, 0.05) is 23.7 Å². The Morgan fingerprint density at radius 3 is 2.55 bits per heavy atom. The van der Waals surface area contributed by atoms with Crippen molar-refractivity contribution in [1.82, 2.24) is 14.5 Å². The minimum atomic E-state index is -5.08. The van der Waals surface area contributed by atoms with Crippen molar-refractivity contribution in [1.29, 1.82) is 0 Å². The summed E-state index contributed by atoms with van der Waals surface area (Å²) < 4.78 is 58.8. The average molecular weight is 469 g/mol. The fourth-order valence-corrected chi connectivity index (χ4v) is 3.13. The SMILES string of the molecule is Cc1ccoc1C(=O)N1Cc2cccn2CC(Oc2ncccc2F)C1.O=C(O)C(F)(F)F. The number of alkyl halides is 3. The maximum atomic E-state index is 13.9. The largest absolute Gasteiger partial charge is 0.490 e. The number of carboxylic acid groups (broad SMARTS) is 1. The molecule has 0 aromatic carbocycles. The first kappa shape index (κ1) is 23.8. The summed E-state index contributed by atoms with van der Waals surface area (Å²) in [5.74, 6) is -3.24. The predicted molar refractivity (Wildman–Crippen MR) is 105 cm³/mol. The Morgan fingerprint density at radius 1 is 1.21 bits per heavy atom. The Labute approximate surface area is 185 Å². The van der Waals surface area contributed by atoms with Crippen molar-refractivity contribution in [2.24, 2.45) is 0 Å². The molecule has 1 aliphatic rings. The number of nitrogens with zero attached hydrogens (tertiary/aromatic N) is 3. The summed E-state index contributed by atoms with van der Waals surface area (Å²) in [7, 11) is 0. The van der Waals surface area contributed by atoms with Crippen molar-refractivity contribution in [2.75, 3.05) is 6.54 Å². The molecule has 1 unspecified atom stereocenters. The van der Waals surface area contributed by atoms with E-state index in [2.05, 4.69) is 4.98 Å². The van der Waals surface area contributed by atoms with Crippen molar-refractivity contribution in [3.63, 3.8) is 0 Å². The Kier molecular flexibility index (Phi) is 7.04. The van der Waals surface area contributed by atoms with Gasteiger partial charge in [-0.15, -0.1) is 0 Å². The molecule has 33 heavy (non-hydrogen) atoms. The molecule has 0 bridgehead atoms. The third-order valence-corrected chi connectivity index (χ3v) is 4.69. The van der Waals surface area contributed by atoms with Gasteiger partial charge in [0.05, 0.1) is 25.9 Å². The van der Waals surface area contributed by atoms with Gasteiger partial charge >= 0.3 is 12.1 Å². The first-order chi connectivity index (χ1) is 15.6. The zero-order chi connectivity index (χ0) is 24.2. The van der Waals surface area contributed by atoms with Gasteiger partial charge in [0.15, 0.2) is 11.6 Å². The summed E-state index contributed by atoms with van der Waals surface area (Å²) in [5, 5.41) is 7.12. The second-order valence-electron chi connectivity index (χ2n) is 7.10. The van der Waals surface area contributed by atoms with Crippen molar-refractivity contribution >= 4 is 11.9 Å². The van der Waals surface area contributed by atoms with Gasteiger partial charge < -0.3 is 23.7 Å². The highest BCUT2D eigenvalue weighted by molar-refractivity contribution is 5.92. The molecule has 1 amide bonds. The van der Waals surface area contributed by atoms with Crippen molar-refractivity contribution in [3.05, 3.63) is 71.8 Å². The van der Waals surface area contributed by atoms with Crippen LogP contribution in [0.3, 0.4) is 0 Å². The van der Waals surface area contributed by atoms with E-state index in [-0.39, 0.29) is 11.8 Å². The van der Waals surface area contributed by atoms with Crippen LogP contribution in [0.25, 0.3) is 0 Å². The second-order valence-corrected chi connectivity index (χ2v) is 7.10. The fraction of sp³-hybridized carbons (Fsp3) is 0.286. The van der Waals surface area contributed by atoms with E-state index in [1.807, 2.05) is 29.8 Å². The van der Waals surface area contributed by atoms with E-state index in [0.717, 1.165) is 11.3 Å². The fourth-order valence-electron chi connectivity index (χ4n) is 3.13. The lowest BCUT2D eigenvalue weighted by atomic mass is 10.2. The summed E-state index contributed by atoms with van der Waals surface area (Å²) in [6.07, 6.45) is -0.620. The normalized spacial score (nSPS) is 15.7. The lowest BCUT2D eigenvalue weighted by molar-refractivity contribution is -0.192.